The van der Waals surface area contributed by atoms with Crippen LogP contribution in [0.1, 0.15) is 42.5 Å². The first-order valence-electron chi connectivity index (χ1n) is 8.71. The molecule has 0 aromatic heterocycles. The van der Waals surface area contributed by atoms with Crippen molar-refractivity contribution in [2.75, 3.05) is 0 Å². The number of hydrogen-bond acceptors (Lipinski definition) is 1. The van der Waals surface area contributed by atoms with Gasteiger partial charge in [0, 0.05) is 6.04 Å². The zero-order valence-corrected chi connectivity index (χ0v) is 15.2. The molecule has 2 aromatic rings. The molecule has 0 fully saturated rings. The van der Waals surface area contributed by atoms with Gasteiger partial charge in [0.25, 0.3) is 0 Å². The lowest BCUT2D eigenvalue weighted by atomic mass is 9.91. The van der Waals surface area contributed by atoms with E-state index in [0.717, 1.165) is 24.8 Å². The van der Waals surface area contributed by atoms with Crippen LogP contribution >= 0.6 is 0 Å². The molecule has 126 valence electrons. The third-order valence-electron chi connectivity index (χ3n) is 4.61. The number of aryl methyl sites for hydroxylation is 3. The summed E-state index contributed by atoms with van der Waals surface area (Å²) in [5.74, 6) is 0. The van der Waals surface area contributed by atoms with Crippen LogP contribution in [0, 0.1) is 6.92 Å². The lowest BCUT2D eigenvalue weighted by Crippen LogP contribution is -2.21. The number of benzene rings is 2. The van der Waals surface area contributed by atoms with Crippen molar-refractivity contribution in [1.29, 1.82) is 0 Å². The minimum atomic E-state index is 0.0172. The van der Waals surface area contributed by atoms with Crippen LogP contribution in [0.4, 0.5) is 0 Å². The Hall–Kier alpha value is -2.12. The Kier molecular flexibility index (Phi) is 6.57. The molecule has 0 aliphatic heterocycles. The second-order valence-corrected chi connectivity index (χ2v) is 6.61. The standard InChI is InChI=1S/C23H29N/c1-5-21(16-23(24)17(2)3)22-15-20(12-11-18(22)4)14-13-19-9-7-6-8-10-19/h5-12,15,23H,2,13-14,16,24H2,1,3-4H3/b21-5-. The maximum Gasteiger partial charge on any atom is 0.0289 e. The minimum Gasteiger partial charge on any atom is -0.324 e. The molecule has 0 radical (unpaired) electrons. The van der Waals surface area contributed by atoms with Crippen molar-refractivity contribution in [3.8, 4) is 0 Å². The van der Waals surface area contributed by atoms with E-state index in [-0.39, 0.29) is 6.04 Å². The molecule has 24 heavy (non-hydrogen) atoms. The van der Waals surface area contributed by atoms with Crippen LogP contribution in [-0.4, -0.2) is 6.04 Å². The lowest BCUT2D eigenvalue weighted by molar-refractivity contribution is 0.796. The maximum absolute atomic E-state index is 6.21. The van der Waals surface area contributed by atoms with Gasteiger partial charge in [0.2, 0.25) is 0 Å². The molecule has 0 aliphatic carbocycles. The molecule has 2 aromatic carbocycles. The maximum atomic E-state index is 6.21. The fourth-order valence-electron chi connectivity index (χ4n) is 2.90. The highest BCUT2D eigenvalue weighted by Gasteiger charge is 2.11. The van der Waals surface area contributed by atoms with Crippen LogP contribution in [0.25, 0.3) is 5.57 Å². The molecule has 0 aliphatic rings. The van der Waals surface area contributed by atoms with Gasteiger partial charge in [0.05, 0.1) is 0 Å². The summed E-state index contributed by atoms with van der Waals surface area (Å²) < 4.78 is 0. The summed E-state index contributed by atoms with van der Waals surface area (Å²) in [4.78, 5) is 0. The Labute approximate surface area is 146 Å². The van der Waals surface area contributed by atoms with Crippen molar-refractivity contribution in [3.63, 3.8) is 0 Å². The summed E-state index contributed by atoms with van der Waals surface area (Å²) in [6.07, 6.45) is 5.15. The summed E-state index contributed by atoms with van der Waals surface area (Å²) in [6, 6.07) is 17.5. The number of rotatable bonds is 7. The first kappa shape index (κ1) is 18.2. The summed E-state index contributed by atoms with van der Waals surface area (Å²) in [5, 5.41) is 0. The van der Waals surface area contributed by atoms with Gasteiger partial charge >= 0.3 is 0 Å². The van der Waals surface area contributed by atoms with Crippen molar-refractivity contribution in [2.24, 2.45) is 5.73 Å². The molecule has 0 heterocycles. The van der Waals surface area contributed by atoms with Crippen LogP contribution in [0.5, 0.6) is 0 Å². The molecule has 0 amide bonds. The molecule has 1 heteroatoms. The monoisotopic (exact) mass is 319 g/mol. The topological polar surface area (TPSA) is 26.0 Å². The van der Waals surface area contributed by atoms with Gasteiger partial charge in [-0.3, -0.25) is 0 Å². The molecule has 0 saturated carbocycles. The van der Waals surface area contributed by atoms with Crippen LogP contribution < -0.4 is 5.73 Å². The Balaban J connectivity index is 2.16. The molecular weight excluding hydrogens is 290 g/mol. The third-order valence-corrected chi connectivity index (χ3v) is 4.61. The Bertz CT molecular complexity index is 710. The lowest BCUT2D eigenvalue weighted by Gasteiger charge is -2.17. The Morgan fingerprint density at radius 1 is 1.08 bits per heavy atom. The van der Waals surface area contributed by atoms with E-state index in [4.69, 9.17) is 5.73 Å². The van der Waals surface area contributed by atoms with Gasteiger partial charge < -0.3 is 5.73 Å². The SMILES string of the molecule is C=C(C)C(N)C/C(=C/C)c1cc(CCc2ccccc2)ccc1C. The van der Waals surface area contributed by atoms with Gasteiger partial charge in [-0.05, 0) is 67.9 Å². The molecule has 1 unspecified atom stereocenters. The predicted molar refractivity (Wildman–Crippen MR) is 106 cm³/mol. The molecule has 0 spiro atoms. The van der Waals surface area contributed by atoms with Crippen LogP contribution in [0.15, 0.2) is 66.8 Å². The summed E-state index contributed by atoms with van der Waals surface area (Å²) >= 11 is 0. The Morgan fingerprint density at radius 2 is 1.75 bits per heavy atom. The van der Waals surface area contributed by atoms with Crippen molar-refractivity contribution in [3.05, 3.63) is 89.0 Å². The third kappa shape index (κ3) is 4.94. The van der Waals surface area contributed by atoms with Crippen molar-refractivity contribution >= 4 is 5.57 Å². The quantitative estimate of drug-likeness (QED) is 0.672. The largest absolute Gasteiger partial charge is 0.324 e. The zero-order valence-electron chi connectivity index (χ0n) is 15.2. The molecule has 0 bridgehead atoms. The average molecular weight is 319 g/mol. The van der Waals surface area contributed by atoms with Crippen LogP contribution in [0.2, 0.25) is 0 Å². The molecule has 2 N–H and O–H groups in total. The summed E-state index contributed by atoms with van der Waals surface area (Å²) in [7, 11) is 0. The zero-order chi connectivity index (χ0) is 17.5. The molecule has 2 rings (SSSR count). The van der Waals surface area contributed by atoms with E-state index in [9.17, 15) is 0 Å². The molecule has 0 saturated heterocycles. The van der Waals surface area contributed by atoms with E-state index in [2.05, 4.69) is 75.0 Å². The smallest absolute Gasteiger partial charge is 0.0289 e. The van der Waals surface area contributed by atoms with E-state index in [1.54, 1.807) is 0 Å². The van der Waals surface area contributed by atoms with Gasteiger partial charge in [-0.15, -0.1) is 0 Å². The highest BCUT2D eigenvalue weighted by atomic mass is 14.6. The van der Waals surface area contributed by atoms with Crippen molar-refractivity contribution < 1.29 is 0 Å². The normalized spacial score (nSPS) is 12.9. The van der Waals surface area contributed by atoms with Crippen LogP contribution in [-0.2, 0) is 12.8 Å². The number of nitrogens with two attached hydrogens (primary N) is 1. The minimum absolute atomic E-state index is 0.0172. The number of allylic oxidation sites excluding steroid dienone is 1. The summed E-state index contributed by atoms with van der Waals surface area (Å²) in [5.41, 5.74) is 13.9. The van der Waals surface area contributed by atoms with E-state index >= 15 is 0 Å². The molecule has 1 atom stereocenters. The Morgan fingerprint density at radius 3 is 2.38 bits per heavy atom. The van der Waals surface area contributed by atoms with Gasteiger partial charge in [-0.25, -0.2) is 0 Å². The van der Waals surface area contributed by atoms with Crippen molar-refractivity contribution in [1.82, 2.24) is 0 Å². The molecular formula is C23H29N. The summed E-state index contributed by atoms with van der Waals surface area (Å²) in [6.45, 7) is 10.3. The van der Waals surface area contributed by atoms with Gasteiger partial charge in [0.1, 0.15) is 0 Å². The first-order valence-corrected chi connectivity index (χ1v) is 8.71. The highest BCUT2D eigenvalue weighted by Crippen LogP contribution is 2.26. The van der Waals surface area contributed by atoms with Crippen LogP contribution in [0.3, 0.4) is 0 Å². The highest BCUT2D eigenvalue weighted by molar-refractivity contribution is 5.69. The van der Waals surface area contributed by atoms with E-state index < -0.39 is 0 Å². The van der Waals surface area contributed by atoms with E-state index in [0.29, 0.717) is 0 Å². The second-order valence-electron chi connectivity index (χ2n) is 6.61. The number of hydrogen-bond donors (Lipinski definition) is 1. The first-order chi connectivity index (χ1) is 11.5. The van der Waals surface area contributed by atoms with Crippen molar-refractivity contribution in [2.45, 2.75) is 46.1 Å². The fourth-order valence-corrected chi connectivity index (χ4v) is 2.90. The van der Waals surface area contributed by atoms with Gasteiger partial charge in [-0.2, -0.15) is 0 Å². The van der Waals surface area contributed by atoms with E-state index in [1.165, 1.54) is 27.8 Å². The van der Waals surface area contributed by atoms with E-state index in [1.807, 2.05) is 6.92 Å². The average Bonchev–Trinajstić information content (AvgIpc) is 2.59. The predicted octanol–water partition coefficient (Wildman–Crippen LogP) is 5.48. The van der Waals surface area contributed by atoms with Gasteiger partial charge in [-0.1, -0.05) is 66.8 Å². The fraction of sp³-hybridized carbons (Fsp3) is 0.304. The van der Waals surface area contributed by atoms with Gasteiger partial charge in [0.15, 0.2) is 0 Å². The second kappa shape index (κ2) is 8.65. The molecule has 1 nitrogen and oxygen atoms in total.